The van der Waals surface area contributed by atoms with Crippen molar-refractivity contribution in [3.8, 4) is 11.4 Å². The monoisotopic (exact) mass is 468 g/mol. The molecule has 0 spiro atoms. The van der Waals surface area contributed by atoms with Gasteiger partial charge in [-0.05, 0) is 48.4 Å². The maximum Gasteiger partial charge on any atom is 0.280 e. The number of nitrogens with zero attached hydrogens (tertiary/aromatic N) is 3. The van der Waals surface area contributed by atoms with Crippen LogP contribution in [0, 0.1) is 12.7 Å². The summed E-state index contributed by atoms with van der Waals surface area (Å²) in [6, 6.07) is 9.70. The lowest BCUT2D eigenvalue weighted by atomic mass is 10.1. The van der Waals surface area contributed by atoms with E-state index in [1.54, 1.807) is 41.2 Å². The van der Waals surface area contributed by atoms with Gasteiger partial charge in [0.2, 0.25) is 0 Å². The number of aromatic nitrogens is 2. The molecule has 0 radical (unpaired) electrons. The van der Waals surface area contributed by atoms with E-state index in [-0.39, 0.29) is 12.4 Å². The van der Waals surface area contributed by atoms with Crippen molar-refractivity contribution in [3.05, 3.63) is 77.4 Å². The quantitative estimate of drug-likeness (QED) is 0.535. The molecule has 2 aromatic carbocycles. The van der Waals surface area contributed by atoms with E-state index in [0.717, 1.165) is 17.5 Å². The summed E-state index contributed by atoms with van der Waals surface area (Å²) in [5, 5.41) is 2.55. The molecule has 1 aliphatic heterocycles. The van der Waals surface area contributed by atoms with Gasteiger partial charge in [-0.15, -0.1) is 0 Å². The number of hydrogen-bond acceptors (Lipinski definition) is 5. The van der Waals surface area contributed by atoms with Crippen molar-refractivity contribution in [2.75, 3.05) is 38.3 Å². The fourth-order valence-corrected chi connectivity index (χ4v) is 3.74. The molecule has 1 amide bonds. The number of benzene rings is 2. The van der Waals surface area contributed by atoms with Crippen molar-refractivity contribution in [2.24, 2.45) is 0 Å². The third kappa shape index (κ3) is 5.43. The molecule has 2 heterocycles. The highest BCUT2D eigenvalue weighted by Crippen LogP contribution is 2.26. The summed E-state index contributed by atoms with van der Waals surface area (Å²) < 4.78 is 41.4. The van der Waals surface area contributed by atoms with Gasteiger partial charge in [0.25, 0.3) is 5.91 Å². The highest BCUT2D eigenvalue weighted by molar-refractivity contribution is 5.95. The molecule has 0 aliphatic carbocycles. The molecule has 1 aromatic heterocycles. The number of halogens is 2. The molecule has 0 atom stereocenters. The van der Waals surface area contributed by atoms with Gasteiger partial charge in [-0.2, -0.15) is 0 Å². The van der Waals surface area contributed by atoms with Gasteiger partial charge in [0.15, 0.2) is 5.83 Å². The number of hydrogen-bond donors (Lipinski definition) is 1. The van der Waals surface area contributed by atoms with Crippen LogP contribution >= 0.6 is 0 Å². The first-order chi connectivity index (χ1) is 16.4. The second-order valence-electron chi connectivity index (χ2n) is 7.91. The second kappa shape index (κ2) is 10.5. The van der Waals surface area contributed by atoms with Crippen LogP contribution in [0.25, 0.3) is 11.8 Å². The van der Waals surface area contributed by atoms with Crippen molar-refractivity contribution < 1.29 is 23.0 Å². The molecular weight excluding hydrogens is 442 g/mol. The van der Waals surface area contributed by atoms with Crippen molar-refractivity contribution in [1.82, 2.24) is 14.9 Å². The van der Waals surface area contributed by atoms with Gasteiger partial charge in [0, 0.05) is 25.8 Å². The zero-order chi connectivity index (χ0) is 24.1. The van der Waals surface area contributed by atoms with E-state index in [4.69, 9.17) is 9.47 Å². The highest BCUT2D eigenvalue weighted by atomic mass is 19.1. The molecule has 34 heavy (non-hydrogen) atoms. The smallest absolute Gasteiger partial charge is 0.280 e. The fraction of sp³-hybridized carbons (Fsp3) is 0.280. The molecule has 1 aliphatic rings. The summed E-state index contributed by atoms with van der Waals surface area (Å²) in [6.07, 6.45) is 4.66. The van der Waals surface area contributed by atoms with Crippen molar-refractivity contribution >= 4 is 17.7 Å². The third-order valence-corrected chi connectivity index (χ3v) is 5.52. The molecule has 0 unspecified atom stereocenters. The Kier molecular flexibility index (Phi) is 7.22. The standard InChI is InChI=1S/C25H26F2N4O3/c1-17-15-31(16-29-17)22-6-4-18(13-24(22)33-2)11-21(27)25(32)28-14-19-3-5-20(26)23(12-19)30-7-9-34-10-8-30/h3-6,11-13,15-16H,7-10,14H2,1-2H3,(H,28,32)/b21-11-. The number of anilines is 1. The molecule has 1 saturated heterocycles. The SMILES string of the molecule is COc1cc(/C=C(\F)C(=O)NCc2ccc(F)c(N3CCOCC3)c2)ccc1-n1cnc(C)c1. The summed E-state index contributed by atoms with van der Waals surface area (Å²) in [5.41, 5.74) is 3.20. The summed E-state index contributed by atoms with van der Waals surface area (Å²) in [5.74, 6) is -1.62. The van der Waals surface area contributed by atoms with Gasteiger partial charge in [0.05, 0.1) is 43.7 Å². The second-order valence-corrected chi connectivity index (χ2v) is 7.91. The predicted molar refractivity (Wildman–Crippen MR) is 125 cm³/mol. The number of imidazole rings is 1. The van der Waals surface area contributed by atoms with Crippen LogP contribution < -0.4 is 15.0 Å². The van der Waals surface area contributed by atoms with Crippen LogP contribution in [-0.4, -0.2) is 48.9 Å². The number of methoxy groups -OCH3 is 1. The summed E-state index contributed by atoms with van der Waals surface area (Å²) >= 11 is 0. The first-order valence-corrected chi connectivity index (χ1v) is 10.9. The van der Waals surface area contributed by atoms with Crippen molar-refractivity contribution in [1.29, 1.82) is 0 Å². The average molecular weight is 469 g/mol. The molecule has 0 bridgehead atoms. The van der Waals surface area contributed by atoms with E-state index < -0.39 is 11.7 Å². The molecule has 0 saturated carbocycles. The van der Waals surface area contributed by atoms with Crippen molar-refractivity contribution in [3.63, 3.8) is 0 Å². The molecule has 7 nitrogen and oxygen atoms in total. The lowest BCUT2D eigenvalue weighted by Gasteiger charge is -2.29. The van der Waals surface area contributed by atoms with E-state index in [0.29, 0.717) is 48.9 Å². The Bertz CT molecular complexity index is 1200. The van der Waals surface area contributed by atoms with Crippen LogP contribution in [0.15, 0.2) is 54.7 Å². The van der Waals surface area contributed by atoms with E-state index in [1.165, 1.54) is 13.2 Å². The largest absolute Gasteiger partial charge is 0.495 e. The number of nitrogens with one attached hydrogen (secondary N) is 1. The van der Waals surface area contributed by atoms with Crippen LogP contribution in [0.4, 0.5) is 14.5 Å². The molecule has 1 N–H and O–H groups in total. The van der Waals surface area contributed by atoms with Gasteiger partial charge >= 0.3 is 0 Å². The van der Waals surface area contributed by atoms with Gasteiger partial charge in [-0.1, -0.05) is 12.1 Å². The number of carbonyl (C=O) groups excluding carboxylic acids is 1. The van der Waals surface area contributed by atoms with Gasteiger partial charge in [0.1, 0.15) is 11.6 Å². The summed E-state index contributed by atoms with van der Waals surface area (Å²) in [4.78, 5) is 18.4. The lowest BCUT2D eigenvalue weighted by molar-refractivity contribution is -0.118. The topological polar surface area (TPSA) is 68.6 Å². The minimum Gasteiger partial charge on any atom is -0.495 e. The molecule has 4 rings (SSSR count). The van der Waals surface area contributed by atoms with Crippen LogP contribution in [0.1, 0.15) is 16.8 Å². The maximum absolute atomic E-state index is 14.6. The minimum atomic E-state index is -0.941. The Morgan fingerprint density at radius 1 is 1.21 bits per heavy atom. The Morgan fingerprint density at radius 3 is 2.71 bits per heavy atom. The normalized spacial score (nSPS) is 14.2. The third-order valence-electron chi connectivity index (χ3n) is 5.52. The van der Waals surface area contributed by atoms with E-state index in [9.17, 15) is 13.6 Å². The first-order valence-electron chi connectivity index (χ1n) is 10.9. The van der Waals surface area contributed by atoms with E-state index in [2.05, 4.69) is 10.3 Å². The first kappa shape index (κ1) is 23.4. The van der Waals surface area contributed by atoms with E-state index in [1.807, 2.05) is 18.0 Å². The van der Waals surface area contributed by atoms with Crippen LogP contribution in [0.3, 0.4) is 0 Å². The number of aryl methyl sites for hydroxylation is 1. The fourth-order valence-electron chi connectivity index (χ4n) is 3.74. The van der Waals surface area contributed by atoms with Gasteiger partial charge in [-0.25, -0.2) is 13.8 Å². The molecule has 1 fully saturated rings. The summed E-state index contributed by atoms with van der Waals surface area (Å²) in [7, 11) is 1.52. The highest BCUT2D eigenvalue weighted by Gasteiger charge is 2.16. The van der Waals surface area contributed by atoms with Gasteiger partial charge in [-0.3, -0.25) is 4.79 Å². The maximum atomic E-state index is 14.6. The van der Waals surface area contributed by atoms with Crippen LogP contribution in [-0.2, 0) is 16.1 Å². The summed E-state index contributed by atoms with van der Waals surface area (Å²) in [6.45, 7) is 4.19. The number of morpholine rings is 1. The predicted octanol–water partition coefficient (Wildman–Crippen LogP) is 3.79. The molecule has 178 valence electrons. The number of amides is 1. The minimum absolute atomic E-state index is 0.0694. The Labute approximate surface area is 196 Å². The lowest BCUT2D eigenvalue weighted by Crippen LogP contribution is -2.36. The Morgan fingerprint density at radius 2 is 2.00 bits per heavy atom. The van der Waals surface area contributed by atoms with Crippen LogP contribution in [0.2, 0.25) is 0 Å². The van der Waals surface area contributed by atoms with Crippen molar-refractivity contribution in [2.45, 2.75) is 13.5 Å². The zero-order valence-electron chi connectivity index (χ0n) is 19.1. The number of ether oxygens (including phenoxy) is 2. The Hall–Kier alpha value is -3.72. The molecule has 3 aromatic rings. The number of rotatable bonds is 7. The molecule has 9 heteroatoms. The molecular formula is C25H26F2N4O3. The van der Waals surface area contributed by atoms with E-state index >= 15 is 0 Å². The number of carbonyl (C=O) groups is 1. The van der Waals surface area contributed by atoms with Gasteiger partial charge < -0.3 is 24.3 Å². The van der Waals surface area contributed by atoms with Crippen LogP contribution in [0.5, 0.6) is 5.75 Å². The average Bonchev–Trinajstić information content (AvgIpc) is 3.29. The zero-order valence-corrected chi connectivity index (χ0v) is 19.1. The Balaban J connectivity index is 1.43.